The van der Waals surface area contributed by atoms with Gasteiger partial charge in [0, 0.05) is 11.7 Å². The molecule has 3 aromatic carbocycles. The molecule has 2 heterocycles. The number of nitrogens with two attached hydrogens (primary N) is 1. The summed E-state index contributed by atoms with van der Waals surface area (Å²) >= 11 is 12.3. The molecule has 1 saturated heterocycles. The highest BCUT2D eigenvalue weighted by Crippen LogP contribution is 2.54. The third-order valence-electron chi connectivity index (χ3n) is 7.54. The van der Waals surface area contributed by atoms with Gasteiger partial charge in [0.15, 0.2) is 5.82 Å². The van der Waals surface area contributed by atoms with Gasteiger partial charge in [0.2, 0.25) is 17.7 Å². The summed E-state index contributed by atoms with van der Waals surface area (Å²) in [6, 6.07) is 15.1. The van der Waals surface area contributed by atoms with E-state index in [0.29, 0.717) is 17.8 Å². The zero-order valence-corrected chi connectivity index (χ0v) is 23.7. The number of hydrogen-bond donors (Lipinski definition) is 3. The molecule has 4 N–H and O–H groups in total. The molecule has 0 saturated carbocycles. The van der Waals surface area contributed by atoms with E-state index >= 15 is 4.39 Å². The van der Waals surface area contributed by atoms with Crippen molar-refractivity contribution >= 4 is 58.0 Å². The van der Waals surface area contributed by atoms with E-state index in [1.165, 1.54) is 29.2 Å². The van der Waals surface area contributed by atoms with E-state index in [9.17, 15) is 14.4 Å². The quantitative estimate of drug-likeness (QED) is 0.345. The Bertz CT molecular complexity index is 1540. The normalized spacial score (nSPS) is 22.1. The summed E-state index contributed by atoms with van der Waals surface area (Å²) in [4.78, 5) is 41.0. The highest BCUT2D eigenvalue weighted by molar-refractivity contribution is 6.34. The molecule has 1 spiro atoms. The van der Waals surface area contributed by atoms with Crippen molar-refractivity contribution in [2.45, 2.75) is 51.1 Å². The lowest BCUT2D eigenvalue weighted by Gasteiger charge is -2.34. The molecule has 10 heteroatoms. The molecule has 3 atom stereocenters. The second kappa shape index (κ2) is 10.2. The molecule has 5 rings (SSSR count). The highest BCUT2D eigenvalue weighted by Gasteiger charge is 2.62. The number of halogens is 3. The van der Waals surface area contributed by atoms with Crippen LogP contribution in [0.15, 0.2) is 60.7 Å². The Kier molecular flexibility index (Phi) is 7.15. The second-order valence-corrected chi connectivity index (χ2v) is 12.3. The number of nitrogens with zero attached hydrogens (tertiary/aromatic N) is 1. The van der Waals surface area contributed by atoms with Gasteiger partial charge in [0.25, 0.3) is 0 Å². The number of anilines is 3. The number of rotatable bonds is 5. The van der Waals surface area contributed by atoms with Crippen LogP contribution in [-0.2, 0) is 15.0 Å². The molecule has 2 aliphatic rings. The first-order valence-electron chi connectivity index (χ1n) is 12.9. The first kappa shape index (κ1) is 28.1. The van der Waals surface area contributed by atoms with E-state index in [1.54, 1.807) is 24.3 Å². The first-order valence-corrected chi connectivity index (χ1v) is 13.6. The summed E-state index contributed by atoms with van der Waals surface area (Å²) in [5.74, 6) is -2.04. The largest absolute Gasteiger partial charge is 0.366 e. The predicted molar refractivity (Wildman–Crippen MR) is 155 cm³/mol. The summed E-state index contributed by atoms with van der Waals surface area (Å²) in [6.45, 7) is 6.20. The molecule has 0 aromatic heterocycles. The summed E-state index contributed by atoms with van der Waals surface area (Å²) in [5, 5.41) is 6.30. The number of benzene rings is 3. The Morgan fingerprint density at radius 3 is 2.45 bits per heavy atom. The van der Waals surface area contributed by atoms with Gasteiger partial charge in [-0.3, -0.25) is 19.3 Å². The summed E-state index contributed by atoms with van der Waals surface area (Å²) < 4.78 is 15.3. The van der Waals surface area contributed by atoms with E-state index in [4.69, 9.17) is 28.9 Å². The Morgan fingerprint density at radius 2 is 1.77 bits per heavy atom. The maximum atomic E-state index is 15.3. The Balaban J connectivity index is 1.55. The first-order chi connectivity index (χ1) is 18.8. The van der Waals surface area contributed by atoms with Gasteiger partial charge in [-0.25, -0.2) is 4.39 Å². The highest BCUT2D eigenvalue weighted by atomic mass is 35.5. The van der Waals surface area contributed by atoms with Crippen LogP contribution in [-0.4, -0.2) is 29.8 Å². The fourth-order valence-corrected chi connectivity index (χ4v) is 6.30. The average molecular weight is 583 g/mol. The van der Waals surface area contributed by atoms with E-state index in [0.717, 1.165) is 5.56 Å². The van der Waals surface area contributed by atoms with Crippen LogP contribution in [0.2, 0.25) is 10.0 Å². The minimum Gasteiger partial charge on any atom is -0.366 e. The molecule has 208 valence electrons. The van der Waals surface area contributed by atoms with Gasteiger partial charge in [-0.2, -0.15) is 0 Å². The monoisotopic (exact) mass is 582 g/mol. The van der Waals surface area contributed by atoms with Crippen molar-refractivity contribution in [3.8, 4) is 0 Å². The van der Waals surface area contributed by atoms with Crippen LogP contribution in [0.1, 0.15) is 49.5 Å². The molecular weight excluding hydrogens is 554 g/mol. The van der Waals surface area contributed by atoms with Crippen molar-refractivity contribution in [2.75, 3.05) is 10.2 Å². The lowest BCUT2D eigenvalue weighted by Crippen LogP contribution is -2.49. The van der Waals surface area contributed by atoms with Crippen LogP contribution in [0, 0.1) is 11.2 Å². The van der Waals surface area contributed by atoms with Crippen LogP contribution >= 0.6 is 23.2 Å². The SMILES string of the molecule is CC(C)(C)CC1NC(C(=O)Nc2ccc(C(N)=O)c(Cl)c2)CC12C(=O)N(c1cccc(Cl)c1F)c1ccccc12. The third kappa shape index (κ3) is 4.74. The van der Waals surface area contributed by atoms with Crippen molar-refractivity contribution in [1.29, 1.82) is 0 Å². The second-order valence-electron chi connectivity index (χ2n) is 11.5. The third-order valence-corrected chi connectivity index (χ3v) is 8.15. The number of primary amides is 1. The van der Waals surface area contributed by atoms with Gasteiger partial charge in [0.05, 0.1) is 38.4 Å². The molecule has 3 amide bonds. The standard InChI is InChI=1S/C30H29Cl2FN4O3/c1-29(2,3)15-24-30(14-21(36-24)27(39)35-16-11-12-17(26(34)38)20(32)13-16)18-7-4-5-9-22(18)37(28(30)40)23-10-6-8-19(31)25(23)33/h4-13,21,24,36H,14-15H2,1-3H3,(H2,34,38)(H,35,39). The van der Waals surface area contributed by atoms with Gasteiger partial charge in [-0.15, -0.1) is 0 Å². The van der Waals surface area contributed by atoms with Gasteiger partial charge in [-0.1, -0.05) is 68.2 Å². The molecular formula is C30H29Cl2FN4O3. The van der Waals surface area contributed by atoms with Crippen molar-refractivity contribution in [3.05, 3.63) is 87.7 Å². The van der Waals surface area contributed by atoms with E-state index < -0.39 is 29.2 Å². The average Bonchev–Trinajstić information content (AvgIpc) is 3.36. The zero-order valence-electron chi connectivity index (χ0n) is 22.2. The molecule has 3 unspecified atom stereocenters. The predicted octanol–water partition coefficient (Wildman–Crippen LogP) is 5.95. The Morgan fingerprint density at radius 1 is 1.07 bits per heavy atom. The maximum absolute atomic E-state index is 15.3. The number of carbonyl (C=O) groups is 3. The molecule has 7 nitrogen and oxygen atoms in total. The van der Waals surface area contributed by atoms with Gasteiger partial charge < -0.3 is 16.4 Å². The topological polar surface area (TPSA) is 105 Å². The van der Waals surface area contributed by atoms with Crippen LogP contribution in [0.25, 0.3) is 0 Å². The molecule has 2 aliphatic heterocycles. The van der Waals surface area contributed by atoms with E-state index in [1.807, 2.05) is 12.1 Å². The van der Waals surface area contributed by atoms with E-state index in [2.05, 4.69) is 31.4 Å². The molecule has 0 radical (unpaired) electrons. The fraction of sp³-hybridized carbons (Fsp3) is 0.300. The van der Waals surface area contributed by atoms with Crippen LogP contribution in [0.5, 0.6) is 0 Å². The van der Waals surface area contributed by atoms with Crippen molar-refractivity contribution in [3.63, 3.8) is 0 Å². The number of fused-ring (bicyclic) bond motifs is 2. The molecule has 0 aliphatic carbocycles. The lowest BCUT2D eigenvalue weighted by atomic mass is 9.70. The van der Waals surface area contributed by atoms with Gasteiger partial charge in [-0.05, 0) is 60.2 Å². The molecule has 0 bridgehead atoms. The van der Waals surface area contributed by atoms with Crippen LogP contribution < -0.4 is 21.3 Å². The van der Waals surface area contributed by atoms with E-state index in [-0.39, 0.29) is 44.9 Å². The summed E-state index contributed by atoms with van der Waals surface area (Å²) in [7, 11) is 0. The summed E-state index contributed by atoms with van der Waals surface area (Å²) in [5.41, 5.74) is 5.88. The Labute approximate surface area is 241 Å². The Hall–Kier alpha value is -3.46. The molecule has 40 heavy (non-hydrogen) atoms. The lowest BCUT2D eigenvalue weighted by molar-refractivity contribution is -0.123. The number of para-hydroxylation sites is 1. The van der Waals surface area contributed by atoms with Crippen LogP contribution in [0.4, 0.5) is 21.5 Å². The molecule has 3 aromatic rings. The maximum Gasteiger partial charge on any atom is 0.250 e. The minimum absolute atomic E-state index is 0.0633. The zero-order chi connectivity index (χ0) is 29.0. The minimum atomic E-state index is -1.13. The summed E-state index contributed by atoms with van der Waals surface area (Å²) in [6.07, 6.45) is 0.725. The number of hydrogen-bond acceptors (Lipinski definition) is 4. The smallest absolute Gasteiger partial charge is 0.250 e. The number of nitrogens with one attached hydrogen (secondary N) is 2. The van der Waals surface area contributed by atoms with Crippen molar-refractivity contribution in [2.24, 2.45) is 11.1 Å². The van der Waals surface area contributed by atoms with Crippen molar-refractivity contribution in [1.82, 2.24) is 5.32 Å². The van der Waals surface area contributed by atoms with Crippen molar-refractivity contribution < 1.29 is 18.8 Å². The number of amides is 3. The van der Waals surface area contributed by atoms with Gasteiger partial charge >= 0.3 is 0 Å². The molecule has 1 fully saturated rings. The van der Waals surface area contributed by atoms with Gasteiger partial charge in [0.1, 0.15) is 0 Å². The number of carbonyl (C=O) groups excluding carboxylic acids is 3. The fourth-order valence-electron chi connectivity index (χ4n) is 5.85. The van der Waals surface area contributed by atoms with Crippen LogP contribution in [0.3, 0.4) is 0 Å².